The summed E-state index contributed by atoms with van der Waals surface area (Å²) in [6, 6.07) is -0.680. The Kier molecular flexibility index (Phi) is 9.03. The maximum absolute atomic E-state index is 13.6. The van der Waals surface area contributed by atoms with Gasteiger partial charge < -0.3 is 29.2 Å². The van der Waals surface area contributed by atoms with Crippen molar-refractivity contribution in [1.29, 1.82) is 0 Å². The minimum absolute atomic E-state index is 0.0192. The van der Waals surface area contributed by atoms with Crippen LogP contribution in [0.1, 0.15) is 81.6 Å². The SMILES string of the molecule is CC(C)C(NC(=O)OC(C)(C)C)C(=O)N1CCCCC1CN(C)c1ncc(B2OC(C)(C)C(C)(C)O2)cn1. The number of piperidine rings is 1. The van der Waals surface area contributed by atoms with Gasteiger partial charge in [0.05, 0.1) is 11.2 Å². The molecule has 38 heavy (non-hydrogen) atoms. The quantitative estimate of drug-likeness (QED) is 0.535. The van der Waals surface area contributed by atoms with Crippen LogP contribution in [0.25, 0.3) is 0 Å². The van der Waals surface area contributed by atoms with Crippen LogP contribution in [-0.4, -0.2) is 83.0 Å². The molecule has 10 nitrogen and oxygen atoms in total. The van der Waals surface area contributed by atoms with Crippen molar-refractivity contribution in [2.45, 2.75) is 110 Å². The van der Waals surface area contributed by atoms with Crippen LogP contribution in [0.3, 0.4) is 0 Å². The van der Waals surface area contributed by atoms with Crippen molar-refractivity contribution in [1.82, 2.24) is 20.2 Å². The summed E-state index contributed by atoms with van der Waals surface area (Å²) < 4.78 is 17.6. The summed E-state index contributed by atoms with van der Waals surface area (Å²) in [6.45, 7) is 18.6. The van der Waals surface area contributed by atoms with Gasteiger partial charge in [-0.05, 0) is 73.6 Å². The highest BCUT2D eigenvalue weighted by Gasteiger charge is 2.52. The van der Waals surface area contributed by atoms with Crippen LogP contribution >= 0.6 is 0 Å². The zero-order valence-corrected chi connectivity index (χ0v) is 24.8. The van der Waals surface area contributed by atoms with Gasteiger partial charge in [-0.25, -0.2) is 14.8 Å². The molecule has 2 saturated heterocycles. The van der Waals surface area contributed by atoms with Crippen molar-refractivity contribution in [2.24, 2.45) is 5.92 Å². The molecule has 2 unspecified atom stereocenters. The molecule has 2 fully saturated rings. The number of nitrogens with zero attached hydrogens (tertiary/aromatic N) is 4. The summed E-state index contributed by atoms with van der Waals surface area (Å²) in [5.74, 6) is 0.401. The highest BCUT2D eigenvalue weighted by Crippen LogP contribution is 2.36. The molecule has 0 spiro atoms. The Morgan fingerprint density at radius 1 is 1.16 bits per heavy atom. The number of likely N-dealkylation sites (tertiary alicyclic amines) is 1. The zero-order valence-electron chi connectivity index (χ0n) is 24.8. The number of ether oxygens (including phenoxy) is 1. The minimum atomic E-state index is -0.661. The van der Waals surface area contributed by atoms with Gasteiger partial charge in [-0.3, -0.25) is 4.79 Å². The van der Waals surface area contributed by atoms with E-state index >= 15 is 0 Å². The number of carbonyl (C=O) groups excluding carboxylic acids is 2. The summed E-state index contributed by atoms with van der Waals surface area (Å²) in [5, 5.41) is 2.81. The first kappa shape index (κ1) is 30.2. The predicted octanol–water partition coefficient (Wildman–Crippen LogP) is 3.14. The van der Waals surface area contributed by atoms with Crippen LogP contribution < -0.4 is 15.7 Å². The molecule has 0 aliphatic carbocycles. The van der Waals surface area contributed by atoms with E-state index in [1.54, 1.807) is 33.2 Å². The lowest BCUT2D eigenvalue weighted by atomic mass is 9.81. The van der Waals surface area contributed by atoms with E-state index in [2.05, 4.69) is 15.3 Å². The molecule has 11 heteroatoms. The molecule has 0 aromatic carbocycles. The molecule has 1 N–H and O–H groups in total. The third-order valence-electron chi connectivity index (χ3n) is 7.52. The molecule has 0 saturated carbocycles. The largest absolute Gasteiger partial charge is 0.498 e. The van der Waals surface area contributed by atoms with Crippen molar-refractivity contribution in [2.75, 3.05) is 25.0 Å². The second kappa shape index (κ2) is 11.4. The number of carbonyl (C=O) groups is 2. The van der Waals surface area contributed by atoms with Gasteiger partial charge >= 0.3 is 13.2 Å². The van der Waals surface area contributed by atoms with E-state index in [0.29, 0.717) is 19.0 Å². The molecule has 1 aromatic heterocycles. The fraction of sp³-hybridized carbons (Fsp3) is 0.778. The van der Waals surface area contributed by atoms with Crippen molar-refractivity contribution in [3.05, 3.63) is 12.4 Å². The Labute approximate surface area is 228 Å². The highest BCUT2D eigenvalue weighted by molar-refractivity contribution is 6.61. The fourth-order valence-corrected chi connectivity index (χ4v) is 4.63. The summed E-state index contributed by atoms with van der Waals surface area (Å²) >= 11 is 0. The standard InChI is InChI=1S/C27H46BN5O5/c1-18(2)21(31-24(35)36-25(3,4)5)22(34)33-14-12-11-13-20(33)17-32(10)23-29-15-19(16-30-23)28-37-26(6,7)27(8,9)38-28/h15-16,18,20-21H,11-14,17H2,1-10H3,(H,31,35). The number of aromatic nitrogens is 2. The van der Waals surface area contributed by atoms with Crippen molar-refractivity contribution in [3.63, 3.8) is 0 Å². The van der Waals surface area contributed by atoms with Gasteiger partial charge in [0.1, 0.15) is 11.6 Å². The van der Waals surface area contributed by atoms with Crippen LogP contribution in [0.15, 0.2) is 12.4 Å². The van der Waals surface area contributed by atoms with E-state index in [1.807, 2.05) is 58.4 Å². The maximum Gasteiger partial charge on any atom is 0.498 e. The Morgan fingerprint density at radius 2 is 1.74 bits per heavy atom. The lowest BCUT2D eigenvalue weighted by molar-refractivity contribution is -0.138. The third-order valence-corrected chi connectivity index (χ3v) is 7.52. The molecule has 0 bridgehead atoms. The summed E-state index contributed by atoms with van der Waals surface area (Å²) in [5.41, 5.74) is -0.737. The first-order valence-electron chi connectivity index (χ1n) is 13.7. The van der Waals surface area contributed by atoms with Gasteiger partial charge in [0.15, 0.2) is 0 Å². The number of rotatable bonds is 7. The smallest absolute Gasteiger partial charge is 0.444 e. The monoisotopic (exact) mass is 531 g/mol. The predicted molar refractivity (Wildman–Crippen MR) is 148 cm³/mol. The number of hydrogen-bond donors (Lipinski definition) is 1. The number of anilines is 1. The Balaban J connectivity index is 1.67. The van der Waals surface area contributed by atoms with Crippen LogP contribution in [-0.2, 0) is 18.8 Å². The molecule has 1 aromatic rings. The number of nitrogens with one attached hydrogen (secondary N) is 1. The van der Waals surface area contributed by atoms with Crippen LogP contribution in [0.2, 0.25) is 0 Å². The normalized spacial score (nSPS) is 21.8. The summed E-state index contributed by atoms with van der Waals surface area (Å²) in [4.78, 5) is 39.1. The average Bonchev–Trinajstić information content (AvgIpc) is 3.03. The highest BCUT2D eigenvalue weighted by atomic mass is 16.7. The summed E-state index contributed by atoms with van der Waals surface area (Å²) in [7, 11) is 1.41. The lowest BCUT2D eigenvalue weighted by Crippen LogP contribution is -2.57. The molecule has 2 atom stereocenters. The molecular formula is C27H46BN5O5. The average molecular weight is 532 g/mol. The number of hydrogen-bond acceptors (Lipinski definition) is 8. The first-order valence-corrected chi connectivity index (χ1v) is 13.7. The van der Waals surface area contributed by atoms with Gasteiger partial charge in [0.25, 0.3) is 0 Å². The minimum Gasteiger partial charge on any atom is -0.444 e. The van der Waals surface area contributed by atoms with E-state index in [-0.39, 0.29) is 17.9 Å². The number of alkyl carbamates (subject to hydrolysis) is 1. The zero-order chi connectivity index (χ0) is 28.5. The van der Waals surface area contributed by atoms with Gasteiger partial charge in [-0.15, -0.1) is 0 Å². The molecule has 2 aliphatic heterocycles. The number of likely N-dealkylation sites (N-methyl/N-ethyl adjacent to an activating group) is 1. The number of amides is 2. The van der Waals surface area contributed by atoms with E-state index < -0.39 is 36.1 Å². The molecule has 2 aliphatic rings. The molecule has 212 valence electrons. The van der Waals surface area contributed by atoms with Crippen LogP contribution in [0.4, 0.5) is 10.7 Å². The van der Waals surface area contributed by atoms with Gasteiger partial charge in [0.2, 0.25) is 11.9 Å². The van der Waals surface area contributed by atoms with E-state index in [0.717, 1.165) is 24.7 Å². The lowest BCUT2D eigenvalue weighted by Gasteiger charge is -2.40. The van der Waals surface area contributed by atoms with Gasteiger partial charge in [-0.2, -0.15) is 0 Å². The Hall–Kier alpha value is -2.40. The van der Waals surface area contributed by atoms with Crippen molar-refractivity contribution < 1.29 is 23.6 Å². The first-order chi connectivity index (χ1) is 17.5. The Morgan fingerprint density at radius 3 is 2.26 bits per heavy atom. The molecule has 0 radical (unpaired) electrons. The molecule has 3 rings (SSSR count). The van der Waals surface area contributed by atoms with Crippen LogP contribution in [0.5, 0.6) is 0 Å². The van der Waals surface area contributed by atoms with Gasteiger partial charge in [-0.1, -0.05) is 13.8 Å². The topological polar surface area (TPSA) is 106 Å². The molecular weight excluding hydrogens is 485 g/mol. The third kappa shape index (κ3) is 7.17. The van der Waals surface area contributed by atoms with E-state index in [1.165, 1.54) is 0 Å². The van der Waals surface area contributed by atoms with Crippen molar-refractivity contribution in [3.8, 4) is 0 Å². The van der Waals surface area contributed by atoms with E-state index in [4.69, 9.17) is 14.0 Å². The van der Waals surface area contributed by atoms with Crippen molar-refractivity contribution >= 4 is 30.5 Å². The fourth-order valence-electron chi connectivity index (χ4n) is 4.63. The molecule has 3 heterocycles. The van der Waals surface area contributed by atoms with E-state index in [9.17, 15) is 9.59 Å². The Bertz CT molecular complexity index is 963. The molecule has 2 amide bonds. The second-order valence-electron chi connectivity index (χ2n) is 12.8. The second-order valence-corrected chi connectivity index (χ2v) is 12.8. The van der Waals surface area contributed by atoms with Crippen LogP contribution in [0, 0.1) is 5.92 Å². The van der Waals surface area contributed by atoms with Gasteiger partial charge in [0, 0.05) is 44.0 Å². The summed E-state index contributed by atoms with van der Waals surface area (Å²) in [6.07, 6.45) is 5.75. The maximum atomic E-state index is 13.6.